The van der Waals surface area contributed by atoms with Crippen LogP contribution in [0.2, 0.25) is 0 Å². The average molecular weight is 325 g/mol. The molecule has 25 heavy (non-hydrogen) atoms. The van der Waals surface area contributed by atoms with Crippen molar-refractivity contribution in [3.63, 3.8) is 0 Å². The summed E-state index contributed by atoms with van der Waals surface area (Å²) in [5, 5.41) is 13.1. The Morgan fingerprint density at radius 3 is 2.72 bits per heavy atom. The Bertz CT molecular complexity index is 1050. The molecule has 0 atom stereocenters. The van der Waals surface area contributed by atoms with Crippen LogP contribution in [0, 0.1) is 11.3 Å². The van der Waals surface area contributed by atoms with Gasteiger partial charge in [0.05, 0.1) is 5.69 Å². The van der Waals surface area contributed by atoms with E-state index < -0.39 is 0 Å². The number of aromatic nitrogens is 3. The second-order valence-corrected chi connectivity index (χ2v) is 5.63. The van der Waals surface area contributed by atoms with Crippen molar-refractivity contribution in [1.82, 2.24) is 14.4 Å². The second-order valence-electron chi connectivity index (χ2n) is 5.63. The first-order valence-corrected chi connectivity index (χ1v) is 7.95. The molecule has 0 aliphatic carbocycles. The van der Waals surface area contributed by atoms with Crippen LogP contribution in [0.25, 0.3) is 16.8 Å². The summed E-state index contributed by atoms with van der Waals surface area (Å²) in [5.41, 5.74) is 5.15. The zero-order valence-electron chi connectivity index (χ0n) is 13.4. The molecule has 0 radical (unpaired) electrons. The summed E-state index contributed by atoms with van der Waals surface area (Å²) in [6.07, 6.45) is 7.11. The summed E-state index contributed by atoms with van der Waals surface area (Å²) in [4.78, 5) is 8.55. The summed E-state index contributed by atoms with van der Waals surface area (Å²) in [6, 6.07) is 18.1. The highest BCUT2D eigenvalue weighted by molar-refractivity contribution is 5.80. The molecule has 0 fully saturated rings. The molecule has 0 bridgehead atoms. The topological polar surface area (TPSA) is 66.0 Å². The van der Waals surface area contributed by atoms with Gasteiger partial charge in [0.1, 0.15) is 11.8 Å². The van der Waals surface area contributed by atoms with Crippen LogP contribution in [0.1, 0.15) is 11.3 Å². The first-order chi connectivity index (χ1) is 12.4. The van der Waals surface area contributed by atoms with Crippen molar-refractivity contribution in [1.29, 1.82) is 5.26 Å². The predicted octanol–water partition coefficient (Wildman–Crippen LogP) is 3.88. The normalized spacial score (nSPS) is 10.5. The van der Waals surface area contributed by atoms with Gasteiger partial charge in [0, 0.05) is 36.9 Å². The Morgan fingerprint density at radius 1 is 1.08 bits per heavy atom. The minimum atomic E-state index is 0.575. The molecule has 4 aromatic rings. The number of fused-ring (bicyclic) bond motifs is 1. The lowest BCUT2D eigenvalue weighted by atomic mass is 10.0. The van der Waals surface area contributed by atoms with Crippen LogP contribution in [-0.2, 0) is 6.54 Å². The Balaban J connectivity index is 1.82. The van der Waals surface area contributed by atoms with Crippen LogP contribution in [0.5, 0.6) is 0 Å². The molecule has 5 nitrogen and oxygen atoms in total. The van der Waals surface area contributed by atoms with Gasteiger partial charge in [-0.3, -0.25) is 9.38 Å². The maximum Gasteiger partial charge on any atom is 0.161 e. The highest BCUT2D eigenvalue weighted by atomic mass is 15.0. The molecule has 1 N–H and O–H groups in total. The molecule has 5 heteroatoms. The van der Waals surface area contributed by atoms with E-state index in [9.17, 15) is 5.26 Å². The Labute approximate surface area is 145 Å². The van der Waals surface area contributed by atoms with Gasteiger partial charge in [0.15, 0.2) is 5.65 Å². The van der Waals surface area contributed by atoms with E-state index in [2.05, 4.69) is 21.4 Å². The number of rotatable bonds is 4. The van der Waals surface area contributed by atoms with Crippen LogP contribution in [-0.4, -0.2) is 14.4 Å². The summed E-state index contributed by atoms with van der Waals surface area (Å²) in [7, 11) is 0. The number of nitriles is 1. The highest BCUT2D eigenvalue weighted by Gasteiger charge is 2.14. The molecule has 0 unspecified atom stereocenters. The predicted molar refractivity (Wildman–Crippen MR) is 96.9 cm³/mol. The number of pyridine rings is 2. The number of nitrogens with zero attached hydrogens (tertiary/aromatic N) is 4. The zero-order chi connectivity index (χ0) is 17.1. The van der Waals surface area contributed by atoms with Gasteiger partial charge in [-0.25, -0.2) is 4.98 Å². The quantitative estimate of drug-likeness (QED) is 0.618. The molecule has 3 heterocycles. The molecular formula is C20H15N5. The van der Waals surface area contributed by atoms with E-state index in [0.29, 0.717) is 12.2 Å². The van der Waals surface area contributed by atoms with Crippen molar-refractivity contribution >= 4 is 11.3 Å². The standard InChI is InChI=1S/C20H15N5/c21-12-19-17(16-6-2-1-3-7-16)11-18(20-23-9-10-25(19)20)24-14-15-5-4-8-22-13-15/h1-11,13,24H,14H2. The number of hydrogen-bond donors (Lipinski definition) is 1. The Hall–Kier alpha value is -3.65. The molecule has 0 amide bonds. The van der Waals surface area contributed by atoms with Gasteiger partial charge in [0.2, 0.25) is 0 Å². The third kappa shape index (κ3) is 2.81. The fraction of sp³-hybridized carbons (Fsp3) is 0.0500. The van der Waals surface area contributed by atoms with Gasteiger partial charge in [-0.05, 0) is 23.3 Å². The molecule has 0 aliphatic rings. The molecule has 4 rings (SSSR count). The molecule has 120 valence electrons. The monoisotopic (exact) mass is 325 g/mol. The molecular weight excluding hydrogens is 310 g/mol. The maximum absolute atomic E-state index is 9.67. The number of anilines is 1. The van der Waals surface area contributed by atoms with Crippen molar-refractivity contribution in [2.45, 2.75) is 6.54 Å². The second kappa shape index (κ2) is 6.46. The Morgan fingerprint density at radius 2 is 1.96 bits per heavy atom. The highest BCUT2D eigenvalue weighted by Crippen LogP contribution is 2.29. The summed E-state index contributed by atoms with van der Waals surface area (Å²) >= 11 is 0. The Kier molecular flexibility index (Phi) is 3.85. The summed E-state index contributed by atoms with van der Waals surface area (Å²) in [5.74, 6) is 0. The number of imidazole rings is 1. The molecule has 3 aromatic heterocycles. The van der Waals surface area contributed by atoms with Crippen molar-refractivity contribution in [3.8, 4) is 17.2 Å². The van der Waals surface area contributed by atoms with E-state index in [1.807, 2.05) is 65.3 Å². The smallest absolute Gasteiger partial charge is 0.161 e. The fourth-order valence-corrected chi connectivity index (χ4v) is 2.87. The minimum Gasteiger partial charge on any atom is -0.378 e. The third-order valence-electron chi connectivity index (χ3n) is 4.06. The van der Waals surface area contributed by atoms with Gasteiger partial charge < -0.3 is 5.32 Å². The lowest BCUT2D eigenvalue weighted by Crippen LogP contribution is -2.04. The first-order valence-electron chi connectivity index (χ1n) is 7.95. The van der Waals surface area contributed by atoms with Gasteiger partial charge in [0.25, 0.3) is 0 Å². The summed E-state index contributed by atoms with van der Waals surface area (Å²) < 4.78 is 1.83. The minimum absolute atomic E-state index is 0.575. The van der Waals surface area contributed by atoms with E-state index in [-0.39, 0.29) is 0 Å². The first kappa shape index (κ1) is 14.9. The lowest BCUT2D eigenvalue weighted by Gasteiger charge is -2.13. The molecule has 0 saturated carbocycles. The largest absolute Gasteiger partial charge is 0.378 e. The third-order valence-corrected chi connectivity index (χ3v) is 4.06. The van der Waals surface area contributed by atoms with E-state index >= 15 is 0 Å². The van der Waals surface area contributed by atoms with Gasteiger partial charge >= 0.3 is 0 Å². The van der Waals surface area contributed by atoms with E-state index in [4.69, 9.17) is 0 Å². The molecule has 0 aliphatic heterocycles. The van der Waals surface area contributed by atoms with E-state index in [1.54, 1.807) is 12.4 Å². The van der Waals surface area contributed by atoms with Crippen LogP contribution in [0.4, 0.5) is 5.69 Å². The SMILES string of the molecule is N#Cc1c(-c2ccccc2)cc(NCc2cccnc2)c2nccn12. The lowest BCUT2D eigenvalue weighted by molar-refractivity contribution is 1.09. The fourth-order valence-electron chi connectivity index (χ4n) is 2.87. The van der Waals surface area contributed by atoms with E-state index in [0.717, 1.165) is 28.0 Å². The maximum atomic E-state index is 9.67. The van der Waals surface area contributed by atoms with Crippen LogP contribution < -0.4 is 5.32 Å². The van der Waals surface area contributed by atoms with E-state index in [1.165, 1.54) is 0 Å². The molecule has 0 saturated heterocycles. The zero-order valence-corrected chi connectivity index (χ0v) is 13.4. The van der Waals surface area contributed by atoms with Gasteiger partial charge in [-0.2, -0.15) is 5.26 Å². The molecule has 1 aromatic carbocycles. The van der Waals surface area contributed by atoms with Crippen LogP contribution in [0.15, 0.2) is 73.3 Å². The van der Waals surface area contributed by atoms with Crippen molar-refractivity contribution in [2.75, 3.05) is 5.32 Å². The van der Waals surface area contributed by atoms with Crippen LogP contribution >= 0.6 is 0 Å². The van der Waals surface area contributed by atoms with Crippen LogP contribution in [0.3, 0.4) is 0 Å². The van der Waals surface area contributed by atoms with Gasteiger partial charge in [-0.1, -0.05) is 36.4 Å². The average Bonchev–Trinajstić information content (AvgIpc) is 3.17. The van der Waals surface area contributed by atoms with Gasteiger partial charge in [-0.15, -0.1) is 0 Å². The number of nitrogens with one attached hydrogen (secondary N) is 1. The molecule has 0 spiro atoms. The number of hydrogen-bond acceptors (Lipinski definition) is 4. The number of benzene rings is 1. The van der Waals surface area contributed by atoms with Crippen molar-refractivity contribution < 1.29 is 0 Å². The van der Waals surface area contributed by atoms with Crippen molar-refractivity contribution in [3.05, 3.63) is 84.6 Å². The summed E-state index contributed by atoms with van der Waals surface area (Å²) in [6.45, 7) is 0.635. The van der Waals surface area contributed by atoms with Crippen molar-refractivity contribution in [2.24, 2.45) is 0 Å².